The number of pyridine rings is 1. The van der Waals surface area contributed by atoms with Crippen molar-refractivity contribution in [3.63, 3.8) is 0 Å². The van der Waals surface area contributed by atoms with Gasteiger partial charge in [-0.2, -0.15) is 0 Å². The number of nitrogens with one attached hydrogen (secondary N) is 1. The maximum Gasteiger partial charge on any atom is 0.231 e. The average Bonchev–Trinajstić information content (AvgIpc) is 3.25. The number of carbonyl (C=O) groups excluding carboxylic acids is 1. The first-order valence-corrected chi connectivity index (χ1v) is 8.67. The highest BCUT2D eigenvalue weighted by Gasteiger charge is 2.36. The van der Waals surface area contributed by atoms with Crippen molar-refractivity contribution in [2.45, 2.75) is 18.9 Å². The van der Waals surface area contributed by atoms with Gasteiger partial charge in [-0.25, -0.2) is 0 Å². The van der Waals surface area contributed by atoms with E-state index in [4.69, 9.17) is 9.47 Å². The Morgan fingerprint density at radius 2 is 2.08 bits per heavy atom. The van der Waals surface area contributed by atoms with Crippen molar-refractivity contribution in [2.75, 3.05) is 24.8 Å². The maximum absolute atomic E-state index is 11.6. The van der Waals surface area contributed by atoms with Gasteiger partial charge in [-0.1, -0.05) is 0 Å². The predicted molar refractivity (Wildman–Crippen MR) is 92.7 cm³/mol. The highest BCUT2D eigenvalue weighted by molar-refractivity contribution is 5.79. The van der Waals surface area contributed by atoms with Crippen LogP contribution in [0.4, 0.5) is 5.69 Å². The van der Waals surface area contributed by atoms with Crippen LogP contribution in [0.15, 0.2) is 36.5 Å². The molecule has 6 heteroatoms. The summed E-state index contributed by atoms with van der Waals surface area (Å²) in [5, 5.41) is 3.09. The Hall–Kier alpha value is -2.76. The van der Waals surface area contributed by atoms with Gasteiger partial charge >= 0.3 is 0 Å². The van der Waals surface area contributed by atoms with E-state index >= 15 is 0 Å². The summed E-state index contributed by atoms with van der Waals surface area (Å²) in [4.78, 5) is 18.5. The van der Waals surface area contributed by atoms with Crippen LogP contribution in [0.25, 0.3) is 11.3 Å². The van der Waals surface area contributed by atoms with E-state index in [1.54, 1.807) is 0 Å². The van der Waals surface area contributed by atoms with Crippen molar-refractivity contribution >= 4 is 11.6 Å². The number of carbonyl (C=O) groups is 1. The van der Waals surface area contributed by atoms with E-state index in [1.165, 1.54) is 0 Å². The number of benzene rings is 1. The lowest BCUT2D eigenvalue weighted by Gasteiger charge is -2.36. The lowest BCUT2D eigenvalue weighted by molar-refractivity contribution is -0.119. The molecule has 6 nitrogen and oxygen atoms in total. The fourth-order valence-electron chi connectivity index (χ4n) is 4.00. The molecule has 4 heterocycles. The molecule has 3 aliphatic heterocycles. The Morgan fingerprint density at radius 3 is 3.04 bits per heavy atom. The summed E-state index contributed by atoms with van der Waals surface area (Å²) in [6.07, 6.45) is 3.48. The molecule has 3 aliphatic rings. The van der Waals surface area contributed by atoms with Crippen molar-refractivity contribution < 1.29 is 14.3 Å². The summed E-state index contributed by atoms with van der Waals surface area (Å²) in [5.74, 6) is 2.14. The van der Waals surface area contributed by atoms with Crippen LogP contribution in [0.3, 0.4) is 0 Å². The zero-order valence-corrected chi connectivity index (χ0v) is 13.8. The molecule has 0 saturated carbocycles. The molecular weight excluding hydrogens is 318 g/mol. The molecule has 2 saturated heterocycles. The van der Waals surface area contributed by atoms with E-state index in [-0.39, 0.29) is 12.7 Å². The molecule has 1 N–H and O–H groups in total. The Bertz CT molecular complexity index is 838. The van der Waals surface area contributed by atoms with Gasteiger partial charge < -0.3 is 19.7 Å². The average molecular weight is 337 g/mol. The molecule has 1 aromatic heterocycles. The number of anilines is 1. The van der Waals surface area contributed by atoms with E-state index in [1.807, 2.05) is 30.5 Å². The summed E-state index contributed by atoms with van der Waals surface area (Å²) >= 11 is 0. The fourth-order valence-corrected chi connectivity index (χ4v) is 4.00. The van der Waals surface area contributed by atoms with Crippen LogP contribution in [0.1, 0.15) is 12.8 Å². The monoisotopic (exact) mass is 337 g/mol. The topological polar surface area (TPSA) is 63.7 Å². The normalized spacial score (nSPS) is 24.2. The molecule has 0 radical (unpaired) electrons. The van der Waals surface area contributed by atoms with Gasteiger partial charge in [0.15, 0.2) is 11.5 Å². The largest absolute Gasteiger partial charge is 0.454 e. The van der Waals surface area contributed by atoms with Crippen molar-refractivity contribution in [3.05, 3.63) is 36.5 Å². The van der Waals surface area contributed by atoms with Crippen LogP contribution in [0.5, 0.6) is 11.5 Å². The quantitative estimate of drug-likeness (QED) is 0.910. The molecule has 2 atom stereocenters. The van der Waals surface area contributed by atoms with Crippen LogP contribution >= 0.6 is 0 Å². The molecule has 5 rings (SSSR count). The van der Waals surface area contributed by atoms with Gasteiger partial charge in [0.25, 0.3) is 0 Å². The number of rotatable bonds is 2. The van der Waals surface area contributed by atoms with Crippen molar-refractivity contribution in [1.29, 1.82) is 0 Å². The number of hydrogen-bond acceptors (Lipinski definition) is 5. The third kappa shape index (κ3) is 2.58. The molecule has 0 unspecified atom stereocenters. The minimum atomic E-state index is 0.188. The van der Waals surface area contributed by atoms with Crippen molar-refractivity contribution in [2.24, 2.45) is 5.92 Å². The number of piperidine rings is 1. The number of hydrogen-bond donors (Lipinski definition) is 1. The Kier molecular flexibility index (Phi) is 3.29. The highest BCUT2D eigenvalue weighted by Crippen LogP contribution is 2.36. The molecule has 2 fully saturated rings. The number of aromatic nitrogens is 1. The van der Waals surface area contributed by atoms with Crippen LogP contribution in [0.2, 0.25) is 0 Å². The lowest BCUT2D eigenvalue weighted by atomic mass is 9.93. The van der Waals surface area contributed by atoms with Gasteiger partial charge in [-0.05, 0) is 36.8 Å². The molecule has 1 aromatic carbocycles. The third-order valence-electron chi connectivity index (χ3n) is 5.30. The minimum absolute atomic E-state index is 0.188. The summed E-state index contributed by atoms with van der Waals surface area (Å²) < 4.78 is 10.8. The zero-order valence-electron chi connectivity index (χ0n) is 13.8. The van der Waals surface area contributed by atoms with E-state index < -0.39 is 0 Å². The Labute approximate surface area is 145 Å². The van der Waals surface area contributed by atoms with E-state index in [2.05, 4.69) is 21.3 Å². The van der Waals surface area contributed by atoms with Crippen molar-refractivity contribution in [1.82, 2.24) is 10.3 Å². The van der Waals surface area contributed by atoms with E-state index in [9.17, 15) is 4.79 Å². The summed E-state index contributed by atoms with van der Waals surface area (Å²) in [7, 11) is 0. The predicted octanol–water partition coefficient (Wildman–Crippen LogP) is 2.19. The van der Waals surface area contributed by atoms with Gasteiger partial charge in [0.1, 0.15) is 0 Å². The first-order chi connectivity index (χ1) is 12.3. The summed E-state index contributed by atoms with van der Waals surface area (Å²) in [6.45, 7) is 2.13. The number of ether oxygens (including phenoxy) is 2. The van der Waals surface area contributed by atoms with Gasteiger partial charge in [0.05, 0.1) is 5.69 Å². The Balaban J connectivity index is 1.41. The second-order valence-corrected chi connectivity index (χ2v) is 6.84. The lowest BCUT2D eigenvalue weighted by Crippen LogP contribution is -2.44. The van der Waals surface area contributed by atoms with Gasteiger partial charge in [-0.15, -0.1) is 0 Å². The Morgan fingerprint density at radius 1 is 1.16 bits per heavy atom. The van der Waals surface area contributed by atoms with Crippen LogP contribution in [-0.4, -0.2) is 36.8 Å². The van der Waals surface area contributed by atoms with Gasteiger partial charge in [0, 0.05) is 48.9 Å². The molecule has 0 aliphatic carbocycles. The second-order valence-electron chi connectivity index (χ2n) is 6.84. The van der Waals surface area contributed by atoms with E-state index in [0.29, 0.717) is 18.4 Å². The third-order valence-corrected chi connectivity index (χ3v) is 5.30. The maximum atomic E-state index is 11.6. The van der Waals surface area contributed by atoms with Crippen LogP contribution in [0, 0.1) is 5.92 Å². The van der Waals surface area contributed by atoms with Gasteiger partial charge in [-0.3, -0.25) is 9.78 Å². The van der Waals surface area contributed by atoms with Crippen molar-refractivity contribution in [3.8, 4) is 22.8 Å². The highest BCUT2D eigenvalue weighted by atomic mass is 16.7. The first kappa shape index (κ1) is 14.6. The molecule has 0 spiro atoms. The fraction of sp³-hybridized carbons (Fsp3) is 0.368. The molecular formula is C19H19N3O3. The number of fused-ring (bicyclic) bond motifs is 2. The molecule has 25 heavy (non-hydrogen) atoms. The molecule has 2 aromatic rings. The SMILES string of the molecule is O=C1C[C@@H]2CN(c3ccnc(-c4ccc5c(c4)OCO5)c3)CC[C@@H]2N1. The van der Waals surface area contributed by atoms with Gasteiger partial charge in [0.2, 0.25) is 12.7 Å². The first-order valence-electron chi connectivity index (χ1n) is 8.67. The van der Waals surface area contributed by atoms with E-state index in [0.717, 1.165) is 48.0 Å². The smallest absolute Gasteiger partial charge is 0.231 e. The molecule has 0 bridgehead atoms. The van der Waals surface area contributed by atoms with Crippen LogP contribution in [-0.2, 0) is 4.79 Å². The number of nitrogens with zero attached hydrogens (tertiary/aromatic N) is 2. The number of amides is 1. The van der Waals surface area contributed by atoms with Crippen LogP contribution < -0.4 is 19.7 Å². The standard InChI is InChI=1S/C19H19N3O3/c23-19-8-13-10-22(6-4-15(13)21-19)14-3-5-20-16(9-14)12-1-2-17-18(7-12)25-11-24-17/h1-3,5,7,9,13,15H,4,6,8,10-11H2,(H,21,23)/t13-,15+/m1/s1. The zero-order chi connectivity index (χ0) is 16.8. The summed E-state index contributed by atoms with van der Waals surface area (Å²) in [5.41, 5.74) is 3.08. The second kappa shape index (κ2) is 5.65. The molecule has 128 valence electrons. The summed E-state index contributed by atoms with van der Waals surface area (Å²) in [6, 6.07) is 10.4. The minimum Gasteiger partial charge on any atom is -0.454 e. The molecule has 1 amide bonds.